The van der Waals surface area contributed by atoms with Crippen LogP contribution in [0.25, 0.3) is 11.4 Å². The maximum Gasteiger partial charge on any atom is 0.496 e. The van der Waals surface area contributed by atoms with Gasteiger partial charge in [-0.3, -0.25) is 0 Å². The molecular formula is C51H75BClF4N15O6. The first kappa shape index (κ1) is 60.3. The van der Waals surface area contributed by atoms with Crippen molar-refractivity contribution in [2.45, 2.75) is 155 Å². The van der Waals surface area contributed by atoms with E-state index >= 15 is 0 Å². The second kappa shape index (κ2) is 25.4. The van der Waals surface area contributed by atoms with Gasteiger partial charge in [0, 0.05) is 48.6 Å². The number of aliphatic imine (C=N–C) groups is 1. The molecule has 0 radical (unpaired) electrons. The first-order valence-electron chi connectivity index (χ1n) is 26.3. The maximum absolute atomic E-state index is 13.8. The Morgan fingerprint density at radius 2 is 0.962 bits per heavy atom. The quantitative estimate of drug-likeness (QED) is 0.0735. The Hall–Kier alpha value is -5.38. The molecule has 0 spiro atoms. The molecule has 0 aromatic carbocycles. The van der Waals surface area contributed by atoms with E-state index in [2.05, 4.69) is 82.2 Å². The normalized spacial score (nSPS) is 26.2. The lowest BCUT2D eigenvalue weighted by Crippen LogP contribution is -2.52. The van der Waals surface area contributed by atoms with Crippen LogP contribution in [0.1, 0.15) is 107 Å². The molecule has 21 nitrogen and oxygen atoms in total. The van der Waals surface area contributed by atoms with E-state index in [1.165, 1.54) is 30.9 Å². The molecule has 5 aliphatic rings. The van der Waals surface area contributed by atoms with Gasteiger partial charge in [0.15, 0.2) is 11.6 Å². The fraction of sp³-hybridized carbons (Fsp3) is 0.667. The fourth-order valence-electron chi connectivity index (χ4n) is 9.79. The highest BCUT2D eigenvalue weighted by Gasteiger charge is 2.53. The Labute approximate surface area is 460 Å². The summed E-state index contributed by atoms with van der Waals surface area (Å²) in [6, 6.07) is 3.29. The van der Waals surface area contributed by atoms with Crippen LogP contribution in [0.2, 0.25) is 5.28 Å². The molecule has 0 amide bonds. The summed E-state index contributed by atoms with van der Waals surface area (Å²) in [5.41, 5.74) is 4.42. The van der Waals surface area contributed by atoms with Crippen LogP contribution in [0.15, 0.2) is 29.5 Å². The molecule has 4 aromatic rings. The third kappa shape index (κ3) is 14.0. The minimum atomic E-state index is -2.75. The van der Waals surface area contributed by atoms with Crippen molar-refractivity contribution < 1.29 is 45.8 Å². The molecule has 78 heavy (non-hydrogen) atoms. The summed E-state index contributed by atoms with van der Waals surface area (Å²) in [6.07, 6.45) is -1.25. The maximum atomic E-state index is 13.8. The number of ether oxygens (including phenoxy) is 4. The van der Waals surface area contributed by atoms with Crippen LogP contribution < -0.4 is 30.8 Å². The number of nitrogen functional groups attached to an aromatic ring is 1. The third-order valence-electron chi connectivity index (χ3n) is 14.3. The number of pyridine rings is 2. The summed E-state index contributed by atoms with van der Waals surface area (Å²) in [7, 11) is 2.70. The number of hydrogen-bond donors (Lipinski definition) is 1. The van der Waals surface area contributed by atoms with Crippen molar-refractivity contribution in [3.8, 4) is 11.4 Å². The van der Waals surface area contributed by atoms with E-state index in [1.54, 1.807) is 19.0 Å². The van der Waals surface area contributed by atoms with Crippen molar-refractivity contribution in [2.75, 3.05) is 92.3 Å². The van der Waals surface area contributed by atoms with E-state index in [9.17, 15) is 17.6 Å². The molecule has 27 heteroatoms. The molecule has 0 unspecified atom stereocenters. The van der Waals surface area contributed by atoms with Gasteiger partial charge in [0.25, 0.3) is 12.9 Å². The molecule has 8 atom stereocenters. The first-order valence-corrected chi connectivity index (χ1v) is 26.6. The molecule has 0 saturated carbocycles. The number of anilines is 5. The van der Waals surface area contributed by atoms with Crippen molar-refractivity contribution in [1.29, 1.82) is 0 Å². The molecule has 9 heterocycles. The summed E-state index contributed by atoms with van der Waals surface area (Å²) in [5, 5.41) is 0.224. The topological polar surface area (TPSA) is 213 Å². The van der Waals surface area contributed by atoms with Crippen molar-refractivity contribution in [3.63, 3.8) is 0 Å². The number of alkyl halides is 4. The minimum Gasteiger partial charge on any atom is -0.399 e. The summed E-state index contributed by atoms with van der Waals surface area (Å²) in [6.45, 7) is 28.7. The summed E-state index contributed by atoms with van der Waals surface area (Å²) in [4.78, 5) is 49.8. The second-order valence-corrected chi connectivity index (χ2v) is 22.1. The number of rotatable bonds is 10. The molecule has 9 rings (SSSR count). The minimum absolute atomic E-state index is 0.0144. The van der Waals surface area contributed by atoms with Gasteiger partial charge in [0.1, 0.15) is 5.82 Å². The number of hydrogen-bond acceptors (Lipinski definition) is 20. The molecule has 428 valence electrons. The zero-order chi connectivity index (χ0) is 57.0. The fourth-order valence-corrected chi connectivity index (χ4v) is 9.94. The number of nitrogens with two attached hydrogens (primary N) is 1. The molecule has 2 N–H and O–H groups in total. The number of halogens is 5. The summed E-state index contributed by atoms with van der Waals surface area (Å²) >= 11 is 6.20. The highest BCUT2D eigenvalue weighted by Crippen LogP contribution is 2.38. The largest absolute Gasteiger partial charge is 0.496 e. The van der Waals surface area contributed by atoms with Gasteiger partial charge in [0.05, 0.1) is 119 Å². The van der Waals surface area contributed by atoms with E-state index in [0.717, 1.165) is 0 Å². The average Bonchev–Trinajstić information content (AvgIpc) is 3.58. The van der Waals surface area contributed by atoms with E-state index in [0.29, 0.717) is 76.6 Å². The van der Waals surface area contributed by atoms with Crippen LogP contribution in [0, 0.1) is 0 Å². The van der Waals surface area contributed by atoms with Gasteiger partial charge in [-0.2, -0.15) is 29.9 Å². The third-order valence-corrected chi connectivity index (χ3v) is 14.5. The molecule has 5 saturated heterocycles. The van der Waals surface area contributed by atoms with E-state index in [-0.39, 0.29) is 93.2 Å². The Bertz CT molecular complexity index is 2550. The second-order valence-electron chi connectivity index (χ2n) is 21.8. The first-order chi connectivity index (χ1) is 36.8. The van der Waals surface area contributed by atoms with Gasteiger partial charge in [-0.25, -0.2) is 32.5 Å². The monoisotopic (exact) mass is 1120 g/mol. The standard InChI is InChI=1S/C21H29F2N7O2.C15H22BF2N3O2.C15H24ClN5O2/c1-11-7-31-8-12(2)29(11)20-26-19(16-6-25-17(24)5-15(16)18(22)23)27-21(28-20)30-13(3)9-32-10-14(30)4;1-14(2)15(3,4)23-16(22-14)11-8-19-12(20-9-21(5)6)7-10(11)13(17)18;1-9-5-22-6-10(2)20(9)14-17-13(16)18-15(19-14)21-11(3)7-23-8-12(21)4/h5-6,11-14,18H,7-10H2,1-4H3,(H2,24,25);7-9,13H,1-6H3;9-12H,5-8H2,1-4H3/t11-,12+,13-,14+;;9-,10+,11-,12+. The van der Waals surface area contributed by atoms with E-state index in [4.69, 9.17) is 55.6 Å². The van der Waals surface area contributed by atoms with Crippen LogP contribution >= 0.6 is 11.6 Å². The molecule has 4 aromatic heterocycles. The van der Waals surface area contributed by atoms with Gasteiger partial charge < -0.3 is 58.5 Å². The highest BCUT2D eigenvalue weighted by molar-refractivity contribution is 6.62. The van der Waals surface area contributed by atoms with Gasteiger partial charge in [0.2, 0.25) is 29.1 Å². The Balaban J connectivity index is 0.000000173. The molecule has 0 aliphatic carbocycles. The van der Waals surface area contributed by atoms with E-state index in [1.807, 2.05) is 55.4 Å². The van der Waals surface area contributed by atoms with Crippen LogP contribution in [0.4, 0.5) is 53.0 Å². The predicted octanol–water partition coefficient (Wildman–Crippen LogP) is 6.97. The van der Waals surface area contributed by atoms with Crippen molar-refractivity contribution in [2.24, 2.45) is 4.99 Å². The van der Waals surface area contributed by atoms with Gasteiger partial charge in [-0.15, -0.1) is 0 Å². The van der Waals surface area contributed by atoms with Crippen LogP contribution in [0.5, 0.6) is 0 Å². The molecular weight excluding hydrogens is 1040 g/mol. The Kier molecular flexibility index (Phi) is 19.6. The van der Waals surface area contributed by atoms with E-state index < -0.39 is 31.2 Å². The lowest BCUT2D eigenvalue weighted by molar-refractivity contribution is 0.00578. The highest BCUT2D eigenvalue weighted by atomic mass is 35.5. The van der Waals surface area contributed by atoms with Crippen LogP contribution in [0.3, 0.4) is 0 Å². The molecule has 5 fully saturated rings. The van der Waals surface area contributed by atoms with Gasteiger partial charge in [-0.05, 0) is 107 Å². The van der Waals surface area contributed by atoms with Crippen LogP contribution in [-0.4, -0.2) is 185 Å². The average molecular weight is 1120 g/mol. The Morgan fingerprint density at radius 3 is 1.32 bits per heavy atom. The van der Waals surface area contributed by atoms with Crippen molar-refractivity contribution in [1.82, 2.24) is 44.8 Å². The zero-order valence-corrected chi connectivity index (χ0v) is 47.8. The SMILES string of the molecule is CN(C)C=Nc1cc(C(F)F)c(B2OC(C)(C)C(C)(C)O2)cn1.C[C@@H]1COC[C@H](C)N1c1nc(-c2cnc(N)cc2C(F)F)nc(N2[C@H](C)COC[C@@H]2C)n1.C[C@@H]1COC[C@H](C)N1c1nc(Cl)nc(N2[C@H](C)COC[C@@H]2C)n1. The lowest BCUT2D eigenvalue weighted by Gasteiger charge is -2.41. The predicted molar refractivity (Wildman–Crippen MR) is 293 cm³/mol. The number of aromatic nitrogens is 8. The van der Waals surface area contributed by atoms with Gasteiger partial charge in [-0.1, -0.05) is 0 Å². The molecule has 0 bridgehead atoms. The van der Waals surface area contributed by atoms with Crippen molar-refractivity contribution >= 4 is 65.9 Å². The zero-order valence-electron chi connectivity index (χ0n) is 47.1. The van der Waals surface area contributed by atoms with Crippen LogP contribution in [-0.2, 0) is 28.3 Å². The lowest BCUT2D eigenvalue weighted by atomic mass is 9.77. The summed E-state index contributed by atoms with van der Waals surface area (Å²) in [5.74, 6) is 2.47. The van der Waals surface area contributed by atoms with Crippen molar-refractivity contribution in [3.05, 3.63) is 40.9 Å². The number of nitrogens with zero attached hydrogens (tertiary/aromatic N) is 14. The number of morpholine rings is 4. The Morgan fingerprint density at radius 1 is 0.590 bits per heavy atom. The van der Waals surface area contributed by atoms with Gasteiger partial charge >= 0.3 is 7.12 Å². The molecule has 5 aliphatic heterocycles. The summed E-state index contributed by atoms with van der Waals surface area (Å²) < 4.78 is 88.7. The smallest absolute Gasteiger partial charge is 0.399 e.